The highest BCUT2D eigenvalue weighted by Gasteiger charge is 2.29. The number of carbonyl (C=O) groups excluding carboxylic acids is 1. The quantitative estimate of drug-likeness (QED) is 0.533. The van der Waals surface area contributed by atoms with Crippen LogP contribution in [0.15, 0.2) is 66.0 Å². The lowest BCUT2D eigenvalue weighted by atomic mass is 9.95. The molecule has 1 atom stereocenters. The normalized spacial score (nSPS) is 16.8. The Bertz CT molecular complexity index is 935. The molecule has 0 N–H and O–H groups in total. The Labute approximate surface area is 170 Å². The number of thiophene rings is 1. The first-order valence-corrected chi connectivity index (χ1v) is 10.7. The van der Waals surface area contributed by atoms with Gasteiger partial charge in [0.15, 0.2) is 0 Å². The van der Waals surface area contributed by atoms with Gasteiger partial charge in [-0.05, 0) is 60.9 Å². The van der Waals surface area contributed by atoms with Crippen molar-refractivity contribution in [2.75, 3.05) is 6.54 Å². The summed E-state index contributed by atoms with van der Waals surface area (Å²) in [6.45, 7) is 3.36. The molecule has 1 fully saturated rings. The van der Waals surface area contributed by atoms with Crippen LogP contribution in [0.4, 0.5) is 0 Å². The summed E-state index contributed by atoms with van der Waals surface area (Å²) in [4.78, 5) is 16.1. The van der Waals surface area contributed by atoms with Gasteiger partial charge in [0.25, 0.3) is 5.91 Å². The minimum atomic E-state index is 0.139. The van der Waals surface area contributed by atoms with Crippen molar-refractivity contribution in [1.82, 2.24) is 4.90 Å². The third-order valence-electron chi connectivity index (χ3n) is 5.21. The number of benzene rings is 2. The number of carbonyl (C=O) groups is 1. The number of hydrogen-bond donors (Lipinski definition) is 0. The van der Waals surface area contributed by atoms with Gasteiger partial charge in [0.2, 0.25) is 0 Å². The molecule has 4 rings (SSSR count). The predicted octanol–water partition coefficient (Wildman–Crippen LogP) is 6.00. The molecule has 0 aliphatic carbocycles. The number of likely N-dealkylation sites (tertiary alicyclic amines) is 1. The number of aryl methyl sites for hydroxylation is 1. The Balaban J connectivity index is 1.45. The van der Waals surface area contributed by atoms with Crippen LogP contribution >= 0.6 is 11.3 Å². The van der Waals surface area contributed by atoms with Crippen molar-refractivity contribution < 1.29 is 9.53 Å². The van der Waals surface area contributed by atoms with E-state index in [-0.39, 0.29) is 11.9 Å². The third kappa shape index (κ3) is 4.28. The molecule has 1 aromatic heterocycles. The van der Waals surface area contributed by atoms with Gasteiger partial charge in [-0.1, -0.05) is 42.5 Å². The summed E-state index contributed by atoms with van der Waals surface area (Å²) in [6.07, 6.45) is 3.28. The van der Waals surface area contributed by atoms with E-state index in [1.165, 1.54) is 28.9 Å². The zero-order valence-corrected chi connectivity index (χ0v) is 17.0. The highest BCUT2D eigenvalue weighted by molar-refractivity contribution is 7.12. The van der Waals surface area contributed by atoms with Crippen LogP contribution in [0, 0.1) is 6.92 Å². The van der Waals surface area contributed by atoms with Crippen LogP contribution in [0.3, 0.4) is 0 Å². The second kappa shape index (κ2) is 8.61. The predicted molar refractivity (Wildman–Crippen MR) is 114 cm³/mol. The van der Waals surface area contributed by atoms with Gasteiger partial charge in [0.05, 0.1) is 10.9 Å². The van der Waals surface area contributed by atoms with Crippen molar-refractivity contribution in [3.05, 3.63) is 87.6 Å². The minimum Gasteiger partial charge on any atom is -0.489 e. The highest BCUT2D eigenvalue weighted by Crippen LogP contribution is 2.33. The number of ether oxygens (including phenoxy) is 1. The Morgan fingerprint density at radius 3 is 2.79 bits per heavy atom. The van der Waals surface area contributed by atoms with E-state index in [9.17, 15) is 4.79 Å². The number of rotatable bonds is 5. The topological polar surface area (TPSA) is 29.5 Å². The van der Waals surface area contributed by atoms with Crippen LogP contribution in [0.5, 0.6) is 5.75 Å². The smallest absolute Gasteiger partial charge is 0.264 e. The number of nitrogens with zero attached hydrogens (tertiary/aromatic N) is 1. The first kappa shape index (κ1) is 18.8. The number of amides is 1. The van der Waals surface area contributed by atoms with Gasteiger partial charge in [-0.2, -0.15) is 0 Å². The van der Waals surface area contributed by atoms with E-state index >= 15 is 0 Å². The lowest BCUT2D eigenvalue weighted by molar-refractivity contribution is 0.0616. The van der Waals surface area contributed by atoms with Gasteiger partial charge in [-0.25, -0.2) is 0 Å². The molecule has 2 heterocycles. The van der Waals surface area contributed by atoms with E-state index in [1.807, 2.05) is 35.7 Å². The molecule has 0 radical (unpaired) electrons. The molecule has 1 saturated heterocycles. The van der Waals surface area contributed by atoms with Crippen molar-refractivity contribution in [3.63, 3.8) is 0 Å². The van der Waals surface area contributed by atoms with Gasteiger partial charge in [-0.15, -0.1) is 11.3 Å². The molecule has 1 amide bonds. The summed E-state index contributed by atoms with van der Waals surface area (Å²) in [5, 5.41) is 2.03. The third-order valence-corrected chi connectivity index (χ3v) is 6.17. The van der Waals surface area contributed by atoms with Gasteiger partial charge >= 0.3 is 0 Å². The van der Waals surface area contributed by atoms with Crippen LogP contribution in [0.25, 0.3) is 0 Å². The molecule has 2 aromatic carbocycles. The van der Waals surface area contributed by atoms with Crippen molar-refractivity contribution in [2.24, 2.45) is 0 Å². The molecular formula is C24H25NO2S. The molecule has 28 heavy (non-hydrogen) atoms. The van der Waals surface area contributed by atoms with Gasteiger partial charge in [-0.3, -0.25) is 4.79 Å². The molecule has 1 unspecified atom stereocenters. The van der Waals surface area contributed by atoms with E-state index in [0.717, 1.165) is 35.6 Å². The fraction of sp³-hybridized carbons (Fsp3) is 0.292. The average Bonchev–Trinajstić information content (AvgIpc) is 3.21. The van der Waals surface area contributed by atoms with Crippen LogP contribution in [0.2, 0.25) is 0 Å². The Morgan fingerprint density at radius 1 is 1.11 bits per heavy atom. The van der Waals surface area contributed by atoms with E-state index in [0.29, 0.717) is 6.61 Å². The maximum absolute atomic E-state index is 13.2. The van der Waals surface area contributed by atoms with E-state index in [1.54, 1.807) is 0 Å². The first-order valence-electron chi connectivity index (χ1n) is 9.83. The fourth-order valence-electron chi connectivity index (χ4n) is 3.77. The monoisotopic (exact) mass is 391 g/mol. The van der Waals surface area contributed by atoms with Gasteiger partial charge < -0.3 is 9.64 Å². The summed E-state index contributed by atoms with van der Waals surface area (Å²) >= 11 is 1.52. The Hall–Kier alpha value is -2.59. The minimum absolute atomic E-state index is 0.139. The van der Waals surface area contributed by atoms with Crippen LogP contribution in [-0.4, -0.2) is 17.4 Å². The van der Waals surface area contributed by atoms with Crippen LogP contribution in [-0.2, 0) is 6.61 Å². The molecule has 0 saturated carbocycles. The molecule has 1 aliphatic rings. The maximum Gasteiger partial charge on any atom is 0.264 e. The lowest BCUT2D eigenvalue weighted by Gasteiger charge is -2.36. The first-order chi connectivity index (χ1) is 13.7. The van der Waals surface area contributed by atoms with Gasteiger partial charge in [0.1, 0.15) is 12.4 Å². The summed E-state index contributed by atoms with van der Waals surface area (Å²) in [5.41, 5.74) is 3.45. The van der Waals surface area contributed by atoms with E-state index < -0.39 is 0 Å². The SMILES string of the molecule is Cc1cccc(OCc2csc(C(=O)N3CCCCC3c3ccccc3)c2)c1. The molecule has 1 aliphatic heterocycles. The number of piperidine rings is 1. The average molecular weight is 392 g/mol. The molecule has 0 spiro atoms. The summed E-state index contributed by atoms with van der Waals surface area (Å²) in [6, 6.07) is 20.6. The van der Waals surface area contributed by atoms with Crippen molar-refractivity contribution in [2.45, 2.75) is 38.8 Å². The molecule has 0 bridgehead atoms. The second-order valence-corrected chi connectivity index (χ2v) is 8.26. The maximum atomic E-state index is 13.2. The molecular weight excluding hydrogens is 366 g/mol. The zero-order valence-electron chi connectivity index (χ0n) is 16.1. The largest absolute Gasteiger partial charge is 0.489 e. The Kier molecular flexibility index (Phi) is 5.77. The van der Waals surface area contributed by atoms with E-state index in [2.05, 4.69) is 42.2 Å². The van der Waals surface area contributed by atoms with E-state index in [4.69, 9.17) is 4.74 Å². The summed E-state index contributed by atoms with van der Waals surface area (Å²) in [5.74, 6) is 1.000. The lowest BCUT2D eigenvalue weighted by Crippen LogP contribution is -2.38. The van der Waals surface area contributed by atoms with Gasteiger partial charge in [0, 0.05) is 12.1 Å². The number of hydrogen-bond acceptors (Lipinski definition) is 3. The van der Waals surface area contributed by atoms with Crippen molar-refractivity contribution >= 4 is 17.2 Å². The van der Waals surface area contributed by atoms with Crippen LogP contribution < -0.4 is 4.74 Å². The molecule has 3 nitrogen and oxygen atoms in total. The van der Waals surface area contributed by atoms with Crippen molar-refractivity contribution in [1.29, 1.82) is 0 Å². The van der Waals surface area contributed by atoms with Crippen molar-refractivity contribution in [3.8, 4) is 5.75 Å². The zero-order chi connectivity index (χ0) is 19.3. The fourth-order valence-corrected chi connectivity index (χ4v) is 4.63. The summed E-state index contributed by atoms with van der Waals surface area (Å²) < 4.78 is 5.88. The standard InChI is InChI=1S/C24H25NO2S/c1-18-8-7-11-21(14-18)27-16-19-15-23(28-17-19)24(26)25-13-6-5-12-22(25)20-9-3-2-4-10-20/h2-4,7-11,14-15,17,22H,5-6,12-13,16H2,1H3. The molecule has 4 heteroatoms. The Morgan fingerprint density at radius 2 is 1.96 bits per heavy atom. The highest BCUT2D eigenvalue weighted by atomic mass is 32.1. The summed E-state index contributed by atoms with van der Waals surface area (Å²) in [7, 11) is 0. The van der Waals surface area contributed by atoms with Crippen LogP contribution in [0.1, 0.15) is 51.7 Å². The molecule has 3 aromatic rings. The second-order valence-electron chi connectivity index (χ2n) is 7.35. The molecule has 144 valence electrons.